The smallest absolute Gasteiger partial charge is 0.113 e. The van der Waals surface area contributed by atoms with Crippen molar-refractivity contribution >= 4 is 27.7 Å². The summed E-state index contributed by atoms with van der Waals surface area (Å²) in [7, 11) is -3.01. The summed E-state index contributed by atoms with van der Waals surface area (Å²) in [5.74, 6) is 0. The second-order valence-electron chi connectivity index (χ2n) is 6.04. The van der Waals surface area contributed by atoms with E-state index in [0.717, 1.165) is 16.7 Å². The molecule has 0 N–H and O–H groups in total. The lowest BCUT2D eigenvalue weighted by Gasteiger charge is -2.09. The summed E-state index contributed by atoms with van der Waals surface area (Å²) in [5.41, 5.74) is 3.07. The van der Waals surface area contributed by atoms with Gasteiger partial charge < -0.3 is 0 Å². The van der Waals surface area contributed by atoms with Gasteiger partial charge in [-0.2, -0.15) is 0 Å². The van der Waals surface area contributed by atoms with E-state index in [4.69, 9.17) is 0 Å². The quantitative estimate of drug-likeness (QED) is 0.608. The zero-order valence-corrected chi connectivity index (χ0v) is 16.3. The van der Waals surface area contributed by atoms with Crippen molar-refractivity contribution in [2.24, 2.45) is 0 Å². The molecule has 0 aliphatic rings. The van der Waals surface area contributed by atoms with Gasteiger partial charge in [0.15, 0.2) is 0 Å². The highest BCUT2D eigenvalue weighted by Crippen LogP contribution is 2.25. The predicted octanol–water partition coefficient (Wildman–Crippen LogP) is 5.22. The minimum Gasteiger partial charge on any atom is -0.248 e. The van der Waals surface area contributed by atoms with Crippen LogP contribution in [0.15, 0.2) is 92.9 Å². The van der Waals surface area contributed by atoms with Crippen LogP contribution in [0.25, 0.3) is 6.08 Å². The molecule has 0 spiro atoms. The van der Waals surface area contributed by atoms with Crippen LogP contribution in [-0.2, 0) is 21.6 Å². The Hall–Kier alpha value is -2.30. The van der Waals surface area contributed by atoms with Gasteiger partial charge in [-0.15, -0.1) is 0 Å². The molecule has 2 nitrogen and oxygen atoms in total. The first-order valence-corrected chi connectivity index (χ1v) is 10.6. The third kappa shape index (κ3) is 4.45. The van der Waals surface area contributed by atoms with Crippen molar-refractivity contribution in [3.63, 3.8) is 0 Å². The fourth-order valence-corrected chi connectivity index (χ4v) is 5.26. The van der Waals surface area contributed by atoms with E-state index >= 15 is 0 Å². The van der Waals surface area contributed by atoms with Crippen LogP contribution in [0, 0.1) is 13.8 Å². The average molecular weight is 381 g/mol. The Balaban J connectivity index is 2.05. The summed E-state index contributed by atoms with van der Waals surface area (Å²) < 4.78 is 26.8. The van der Waals surface area contributed by atoms with E-state index in [1.54, 1.807) is 6.08 Å². The van der Waals surface area contributed by atoms with Crippen LogP contribution >= 0.6 is 0 Å². The molecule has 0 unspecified atom stereocenters. The van der Waals surface area contributed by atoms with Crippen LogP contribution in [-0.4, -0.2) is 8.42 Å². The van der Waals surface area contributed by atoms with Gasteiger partial charge in [-0.3, -0.25) is 0 Å². The molecule has 0 aliphatic carbocycles. The fourth-order valence-electron chi connectivity index (χ4n) is 2.42. The first-order valence-electron chi connectivity index (χ1n) is 8.28. The molecule has 4 heteroatoms. The van der Waals surface area contributed by atoms with E-state index in [2.05, 4.69) is 0 Å². The Morgan fingerprint density at radius 2 is 1.08 bits per heavy atom. The Bertz CT molecular complexity index is 898. The minimum absolute atomic E-state index is 0.393. The Kier molecular flexibility index (Phi) is 5.96. The normalized spacial score (nSPS) is 13.0. The van der Waals surface area contributed by atoms with Crippen molar-refractivity contribution in [2.75, 3.05) is 0 Å². The third-order valence-corrected chi connectivity index (χ3v) is 7.20. The number of rotatable bonds is 5. The molecule has 0 saturated carbocycles. The molecule has 0 fully saturated rings. The zero-order chi connectivity index (χ0) is 18.5. The summed E-state index contributed by atoms with van der Waals surface area (Å²) in [6.07, 6.45) is 1.77. The Morgan fingerprint density at radius 3 is 1.50 bits per heavy atom. The lowest BCUT2D eigenvalue weighted by atomic mass is 10.2. The maximum atomic E-state index is 13.2. The summed E-state index contributed by atoms with van der Waals surface area (Å²) in [6, 6.07) is 24.6. The van der Waals surface area contributed by atoms with Crippen molar-refractivity contribution in [1.82, 2.24) is 0 Å². The second kappa shape index (κ2) is 8.39. The van der Waals surface area contributed by atoms with Gasteiger partial charge in [-0.25, -0.2) is 8.42 Å². The molecule has 3 aromatic carbocycles. The van der Waals surface area contributed by atoms with Gasteiger partial charge in [0.05, 0.1) is 21.6 Å². The Labute approximate surface area is 159 Å². The SMILES string of the molecule is Cc1ccc([S@@](=O)C(=Cc2ccccc2)[S@](=O)c2ccc(C)cc2)cc1. The molecule has 3 rings (SSSR count). The van der Waals surface area contributed by atoms with E-state index in [0.29, 0.717) is 14.0 Å². The molecule has 0 bridgehead atoms. The second-order valence-corrected chi connectivity index (χ2v) is 9.19. The first kappa shape index (κ1) is 18.5. The van der Waals surface area contributed by atoms with Crippen LogP contribution in [0.4, 0.5) is 0 Å². The van der Waals surface area contributed by atoms with Crippen molar-refractivity contribution in [3.05, 3.63) is 99.8 Å². The summed E-state index contributed by atoms with van der Waals surface area (Å²) in [4.78, 5) is 1.30. The largest absolute Gasteiger partial charge is 0.248 e. The minimum atomic E-state index is -1.50. The van der Waals surface area contributed by atoms with Crippen molar-refractivity contribution in [1.29, 1.82) is 0 Å². The van der Waals surface area contributed by atoms with E-state index in [1.807, 2.05) is 92.7 Å². The maximum Gasteiger partial charge on any atom is 0.113 e. The number of hydrogen-bond acceptors (Lipinski definition) is 2. The number of aryl methyl sites for hydroxylation is 2. The predicted molar refractivity (Wildman–Crippen MR) is 110 cm³/mol. The van der Waals surface area contributed by atoms with Gasteiger partial charge >= 0.3 is 0 Å². The highest BCUT2D eigenvalue weighted by atomic mass is 32.2. The molecule has 0 aromatic heterocycles. The number of benzene rings is 3. The van der Waals surface area contributed by atoms with Gasteiger partial charge in [-0.1, -0.05) is 65.7 Å². The van der Waals surface area contributed by atoms with Crippen LogP contribution in [0.3, 0.4) is 0 Å². The van der Waals surface area contributed by atoms with Crippen LogP contribution in [0.5, 0.6) is 0 Å². The van der Waals surface area contributed by atoms with Gasteiger partial charge in [0.1, 0.15) is 4.24 Å². The van der Waals surface area contributed by atoms with Gasteiger partial charge in [0, 0.05) is 9.79 Å². The third-order valence-electron chi connectivity index (χ3n) is 3.92. The molecule has 0 heterocycles. The number of hydrogen-bond donors (Lipinski definition) is 0. The van der Waals surface area contributed by atoms with Gasteiger partial charge in [0.2, 0.25) is 0 Å². The molecule has 3 aromatic rings. The molecule has 0 saturated heterocycles. The molecule has 0 amide bonds. The lowest BCUT2D eigenvalue weighted by Crippen LogP contribution is -2.04. The molecule has 0 radical (unpaired) electrons. The molecule has 2 atom stereocenters. The van der Waals surface area contributed by atoms with Gasteiger partial charge in [0.25, 0.3) is 0 Å². The summed E-state index contributed by atoms with van der Waals surface area (Å²) >= 11 is 0. The molecule has 26 heavy (non-hydrogen) atoms. The van der Waals surface area contributed by atoms with Crippen molar-refractivity contribution < 1.29 is 8.42 Å². The monoisotopic (exact) mass is 380 g/mol. The van der Waals surface area contributed by atoms with Crippen LogP contribution in [0.1, 0.15) is 16.7 Å². The summed E-state index contributed by atoms with van der Waals surface area (Å²) in [5, 5.41) is 0. The lowest BCUT2D eigenvalue weighted by molar-refractivity contribution is 0.683. The van der Waals surface area contributed by atoms with Gasteiger partial charge in [-0.05, 0) is 49.8 Å². The standard InChI is InChI=1S/C22H20O2S2/c1-17-8-12-20(13-9-17)25(23)22(16-19-6-4-3-5-7-19)26(24)21-14-10-18(2)11-15-21/h3-16H,1-2H3/t25-,26-/m1/s1. The fraction of sp³-hybridized carbons (Fsp3) is 0.0909. The zero-order valence-electron chi connectivity index (χ0n) is 14.7. The van der Waals surface area contributed by atoms with E-state index in [1.165, 1.54) is 0 Å². The maximum absolute atomic E-state index is 13.2. The van der Waals surface area contributed by atoms with E-state index in [9.17, 15) is 8.42 Å². The molecule has 132 valence electrons. The highest BCUT2D eigenvalue weighted by molar-refractivity contribution is 8.08. The Morgan fingerprint density at radius 1 is 0.654 bits per heavy atom. The highest BCUT2D eigenvalue weighted by Gasteiger charge is 2.19. The molecular weight excluding hydrogens is 360 g/mol. The van der Waals surface area contributed by atoms with E-state index in [-0.39, 0.29) is 0 Å². The van der Waals surface area contributed by atoms with E-state index < -0.39 is 21.6 Å². The van der Waals surface area contributed by atoms with Crippen LogP contribution in [0.2, 0.25) is 0 Å². The van der Waals surface area contributed by atoms with Crippen molar-refractivity contribution in [2.45, 2.75) is 23.6 Å². The molecule has 0 aliphatic heterocycles. The van der Waals surface area contributed by atoms with Crippen LogP contribution < -0.4 is 0 Å². The molecular formula is C22H20O2S2. The topological polar surface area (TPSA) is 34.1 Å². The van der Waals surface area contributed by atoms with Crippen molar-refractivity contribution in [3.8, 4) is 0 Å². The first-order chi connectivity index (χ1) is 12.5. The average Bonchev–Trinajstić information content (AvgIpc) is 2.67. The summed E-state index contributed by atoms with van der Waals surface area (Å²) in [6.45, 7) is 3.97.